The second-order valence-corrected chi connectivity index (χ2v) is 3.63. The van der Waals surface area contributed by atoms with E-state index < -0.39 is 6.10 Å². The summed E-state index contributed by atoms with van der Waals surface area (Å²) in [5, 5.41) is 10.0. The molecule has 1 aromatic rings. The van der Waals surface area contributed by atoms with Crippen LogP contribution in [0.15, 0.2) is 66.3 Å². The Kier molecular flexibility index (Phi) is 5.30. The molecule has 1 nitrogen and oxygen atoms in total. The van der Waals surface area contributed by atoms with Crippen LogP contribution in [0.2, 0.25) is 0 Å². The smallest absolute Gasteiger partial charge is 0.100 e. The van der Waals surface area contributed by atoms with E-state index in [2.05, 4.69) is 0 Å². The first-order chi connectivity index (χ1) is 7.75. The molecule has 0 aliphatic rings. The van der Waals surface area contributed by atoms with Gasteiger partial charge in [-0.3, -0.25) is 0 Å². The Hall–Kier alpha value is -1.60. The molecule has 1 atom stereocenters. The number of hydrogen-bond acceptors (Lipinski definition) is 1. The first-order valence-electron chi connectivity index (χ1n) is 5.45. The van der Waals surface area contributed by atoms with E-state index in [1.54, 1.807) is 0 Å². The third-order valence-corrected chi connectivity index (χ3v) is 2.32. The van der Waals surface area contributed by atoms with Crippen LogP contribution < -0.4 is 0 Å². The van der Waals surface area contributed by atoms with Crippen molar-refractivity contribution in [3.05, 3.63) is 71.8 Å². The molecule has 0 radical (unpaired) electrons. The molecule has 1 unspecified atom stereocenters. The molecular formula is C15H18O. The highest BCUT2D eigenvalue weighted by molar-refractivity contribution is 5.27. The van der Waals surface area contributed by atoms with Crippen molar-refractivity contribution in [2.45, 2.75) is 20.0 Å². The summed E-state index contributed by atoms with van der Waals surface area (Å²) in [5.41, 5.74) is 1.86. The largest absolute Gasteiger partial charge is 0.384 e. The van der Waals surface area contributed by atoms with E-state index in [-0.39, 0.29) is 0 Å². The number of benzene rings is 1. The lowest BCUT2D eigenvalue weighted by atomic mass is 10.0. The van der Waals surface area contributed by atoms with Crippen LogP contribution in [0.5, 0.6) is 0 Å². The second kappa shape index (κ2) is 6.81. The van der Waals surface area contributed by atoms with Crippen LogP contribution in [-0.2, 0) is 0 Å². The van der Waals surface area contributed by atoms with Crippen molar-refractivity contribution in [1.82, 2.24) is 0 Å². The average Bonchev–Trinajstić information content (AvgIpc) is 2.34. The summed E-state index contributed by atoms with van der Waals surface area (Å²) in [6.07, 6.45) is 9.21. The Balaban J connectivity index is 2.71. The number of allylic oxidation sites excluding steroid dienone is 5. The summed E-state index contributed by atoms with van der Waals surface area (Å²) >= 11 is 0. The molecule has 0 aliphatic heterocycles. The SMILES string of the molecule is C\C=C/C=C\C=C(/C)C(O)c1ccccc1. The fourth-order valence-electron chi connectivity index (χ4n) is 1.37. The van der Waals surface area contributed by atoms with E-state index in [9.17, 15) is 5.11 Å². The number of aliphatic hydroxyl groups excluding tert-OH is 1. The number of hydrogen-bond donors (Lipinski definition) is 1. The van der Waals surface area contributed by atoms with Crippen LogP contribution in [-0.4, -0.2) is 5.11 Å². The van der Waals surface area contributed by atoms with Gasteiger partial charge in [-0.05, 0) is 25.0 Å². The Bertz CT molecular complexity index is 385. The number of rotatable bonds is 4. The standard InChI is InChI=1S/C15H18O/c1-3-4-5-7-10-13(2)15(16)14-11-8-6-9-12-14/h3-12,15-16H,1-2H3/b4-3-,7-5-,13-10+. The van der Waals surface area contributed by atoms with Gasteiger partial charge in [0.05, 0.1) is 0 Å². The van der Waals surface area contributed by atoms with Crippen molar-refractivity contribution in [2.24, 2.45) is 0 Å². The zero-order valence-corrected chi connectivity index (χ0v) is 9.80. The minimum absolute atomic E-state index is 0.517. The zero-order valence-electron chi connectivity index (χ0n) is 9.80. The van der Waals surface area contributed by atoms with Gasteiger partial charge in [0.1, 0.15) is 6.10 Å². The molecule has 0 spiro atoms. The van der Waals surface area contributed by atoms with E-state index in [0.29, 0.717) is 0 Å². The second-order valence-electron chi connectivity index (χ2n) is 3.63. The zero-order chi connectivity index (χ0) is 11.8. The van der Waals surface area contributed by atoms with Crippen molar-refractivity contribution in [2.75, 3.05) is 0 Å². The summed E-state index contributed by atoms with van der Waals surface area (Å²) in [6, 6.07) is 9.67. The normalized spacial score (nSPS) is 14.8. The van der Waals surface area contributed by atoms with Crippen LogP contribution in [0.3, 0.4) is 0 Å². The van der Waals surface area contributed by atoms with E-state index >= 15 is 0 Å². The summed E-state index contributed by atoms with van der Waals surface area (Å²) in [4.78, 5) is 0. The third kappa shape index (κ3) is 3.87. The van der Waals surface area contributed by atoms with E-state index in [1.165, 1.54) is 0 Å². The van der Waals surface area contributed by atoms with Gasteiger partial charge in [-0.2, -0.15) is 0 Å². The summed E-state index contributed by atoms with van der Waals surface area (Å²) in [6.45, 7) is 3.90. The molecule has 0 bridgehead atoms. The highest BCUT2D eigenvalue weighted by Gasteiger charge is 2.07. The molecule has 1 N–H and O–H groups in total. The van der Waals surface area contributed by atoms with Crippen molar-refractivity contribution >= 4 is 0 Å². The maximum absolute atomic E-state index is 10.0. The fourth-order valence-corrected chi connectivity index (χ4v) is 1.37. The molecule has 0 amide bonds. The maximum atomic E-state index is 10.0. The first kappa shape index (κ1) is 12.5. The van der Waals surface area contributed by atoms with Crippen molar-refractivity contribution in [3.8, 4) is 0 Å². The Morgan fingerprint density at radius 1 is 1.12 bits per heavy atom. The minimum Gasteiger partial charge on any atom is -0.384 e. The average molecular weight is 214 g/mol. The summed E-state index contributed by atoms with van der Waals surface area (Å²) in [7, 11) is 0. The molecule has 1 aromatic carbocycles. The fraction of sp³-hybridized carbons (Fsp3) is 0.200. The summed E-state index contributed by atoms with van der Waals surface area (Å²) in [5.74, 6) is 0. The molecule has 84 valence electrons. The van der Waals surface area contributed by atoms with E-state index in [4.69, 9.17) is 0 Å². The van der Waals surface area contributed by atoms with Gasteiger partial charge in [-0.25, -0.2) is 0 Å². The molecule has 0 aromatic heterocycles. The van der Waals surface area contributed by atoms with Crippen LogP contribution in [0.25, 0.3) is 0 Å². The highest BCUT2D eigenvalue weighted by atomic mass is 16.3. The molecule has 0 heterocycles. The molecule has 0 aliphatic carbocycles. The van der Waals surface area contributed by atoms with Crippen LogP contribution in [0, 0.1) is 0 Å². The predicted octanol–water partition coefficient (Wildman–Crippen LogP) is 3.80. The van der Waals surface area contributed by atoms with Gasteiger partial charge in [-0.1, -0.05) is 60.7 Å². The Morgan fingerprint density at radius 2 is 1.81 bits per heavy atom. The Labute approximate surface area is 97.4 Å². The van der Waals surface area contributed by atoms with E-state index in [0.717, 1.165) is 11.1 Å². The maximum Gasteiger partial charge on any atom is 0.100 e. The van der Waals surface area contributed by atoms with Crippen LogP contribution in [0.1, 0.15) is 25.5 Å². The molecule has 1 heteroatoms. The molecule has 0 fully saturated rings. The van der Waals surface area contributed by atoms with Crippen molar-refractivity contribution < 1.29 is 5.11 Å². The lowest BCUT2D eigenvalue weighted by Crippen LogP contribution is -1.97. The molecular weight excluding hydrogens is 196 g/mol. The topological polar surface area (TPSA) is 20.2 Å². The van der Waals surface area contributed by atoms with Gasteiger partial charge in [-0.15, -0.1) is 0 Å². The van der Waals surface area contributed by atoms with Gasteiger partial charge >= 0.3 is 0 Å². The van der Waals surface area contributed by atoms with Gasteiger partial charge in [0.15, 0.2) is 0 Å². The first-order valence-corrected chi connectivity index (χ1v) is 5.45. The van der Waals surface area contributed by atoms with Gasteiger partial charge < -0.3 is 5.11 Å². The molecule has 0 saturated carbocycles. The monoisotopic (exact) mass is 214 g/mol. The van der Waals surface area contributed by atoms with Crippen LogP contribution in [0.4, 0.5) is 0 Å². The molecule has 16 heavy (non-hydrogen) atoms. The molecule has 0 saturated heterocycles. The van der Waals surface area contributed by atoms with Crippen molar-refractivity contribution in [1.29, 1.82) is 0 Å². The van der Waals surface area contributed by atoms with E-state index in [1.807, 2.05) is 74.6 Å². The molecule has 1 rings (SSSR count). The predicted molar refractivity (Wildman–Crippen MR) is 69.1 cm³/mol. The highest BCUT2D eigenvalue weighted by Crippen LogP contribution is 2.20. The number of aliphatic hydroxyl groups is 1. The third-order valence-electron chi connectivity index (χ3n) is 2.32. The summed E-state index contributed by atoms with van der Waals surface area (Å²) < 4.78 is 0. The quantitative estimate of drug-likeness (QED) is 0.756. The van der Waals surface area contributed by atoms with Crippen molar-refractivity contribution in [3.63, 3.8) is 0 Å². The van der Waals surface area contributed by atoms with Gasteiger partial charge in [0.2, 0.25) is 0 Å². The van der Waals surface area contributed by atoms with Crippen LogP contribution >= 0.6 is 0 Å². The minimum atomic E-state index is -0.517. The Morgan fingerprint density at radius 3 is 2.44 bits per heavy atom. The lowest BCUT2D eigenvalue weighted by molar-refractivity contribution is 0.216. The van der Waals surface area contributed by atoms with Gasteiger partial charge in [0.25, 0.3) is 0 Å². The lowest BCUT2D eigenvalue weighted by Gasteiger charge is -2.10. The van der Waals surface area contributed by atoms with Gasteiger partial charge in [0, 0.05) is 0 Å².